The topological polar surface area (TPSA) is 76.1 Å². The van der Waals surface area contributed by atoms with Gasteiger partial charge in [0, 0.05) is 18.5 Å². The lowest BCUT2D eigenvalue weighted by Gasteiger charge is -2.21. The zero-order chi connectivity index (χ0) is 22.5. The lowest BCUT2D eigenvalue weighted by molar-refractivity contribution is -0.119. The fraction of sp³-hybridized carbons (Fsp3) is 0.560. The smallest absolute Gasteiger partial charge is 0.217 e. The van der Waals surface area contributed by atoms with Gasteiger partial charge in [-0.3, -0.25) is 4.79 Å². The molecule has 1 aromatic heterocycles. The van der Waals surface area contributed by atoms with E-state index in [1.165, 1.54) is 5.56 Å². The largest absolute Gasteiger partial charge is 0.496 e. The maximum Gasteiger partial charge on any atom is 0.217 e. The van der Waals surface area contributed by atoms with Crippen LogP contribution < -0.4 is 15.4 Å². The number of fused-ring (bicyclic) bond motifs is 1. The number of carbonyl (C=O) groups excluding carboxylic acids is 1. The third-order valence-corrected chi connectivity index (χ3v) is 6.21. The molecule has 1 aliphatic rings. The van der Waals surface area contributed by atoms with Crippen LogP contribution in [0.15, 0.2) is 12.1 Å². The number of carbonyl (C=O) groups is 1. The summed E-state index contributed by atoms with van der Waals surface area (Å²) in [5.74, 6) is 1.68. The Morgan fingerprint density at radius 1 is 1.13 bits per heavy atom. The van der Waals surface area contributed by atoms with Gasteiger partial charge in [0.1, 0.15) is 11.6 Å². The summed E-state index contributed by atoms with van der Waals surface area (Å²) in [6.07, 6.45) is 5.55. The fourth-order valence-electron chi connectivity index (χ4n) is 4.40. The molecule has 0 bridgehead atoms. The average molecular weight is 425 g/mol. The Balaban J connectivity index is 2.08. The Morgan fingerprint density at radius 2 is 1.84 bits per heavy atom. The van der Waals surface area contributed by atoms with Crippen LogP contribution in [-0.2, 0) is 24.1 Å². The molecule has 2 N–H and O–H groups in total. The second kappa shape index (κ2) is 10.1. The summed E-state index contributed by atoms with van der Waals surface area (Å²) in [6, 6.07) is 4.70. The van der Waals surface area contributed by atoms with Crippen molar-refractivity contribution in [1.29, 1.82) is 0 Å². The van der Waals surface area contributed by atoms with Crippen molar-refractivity contribution in [3.8, 4) is 17.0 Å². The molecule has 0 fully saturated rings. The van der Waals surface area contributed by atoms with E-state index < -0.39 is 0 Å². The highest BCUT2D eigenvalue weighted by molar-refractivity contribution is 5.75. The first kappa shape index (κ1) is 23.0. The number of rotatable bonds is 9. The molecule has 0 saturated carbocycles. The first-order valence-electron chi connectivity index (χ1n) is 11.6. The van der Waals surface area contributed by atoms with Crippen LogP contribution in [0.4, 0.5) is 5.82 Å². The number of hydrogen-bond donors (Lipinski definition) is 2. The van der Waals surface area contributed by atoms with Gasteiger partial charge in [0.25, 0.3) is 0 Å². The highest BCUT2D eigenvalue weighted by Crippen LogP contribution is 2.40. The van der Waals surface area contributed by atoms with Gasteiger partial charge < -0.3 is 15.4 Å². The van der Waals surface area contributed by atoms with Crippen molar-refractivity contribution in [3.63, 3.8) is 0 Å². The number of hydrogen-bond acceptors (Lipinski definition) is 5. The molecule has 6 heteroatoms. The summed E-state index contributed by atoms with van der Waals surface area (Å²) in [5, 5.41) is 6.66. The van der Waals surface area contributed by atoms with Crippen LogP contribution in [0.25, 0.3) is 11.3 Å². The Morgan fingerprint density at radius 3 is 2.42 bits per heavy atom. The molecule has 168 valence electrons. The minimum absolute atomic E-state index is 0.00633. The van der Waals surface area contributed by atoms with E-state index in [0.29, 0.717) is 6.04 Å². The van der Waals surface area contributed by atoms with Gasteiger partial charge >= 0.3 is 0 Å². The first-order valence-corrected chi connectivity index (χ1v) is 11.6. The van der Waals surface area contributed by atoms with E-state index in [-0.39, 0.29) is 11.9 Å². The number of aryl methyl sites for hydroxylation is 3. The predicted octanol–water partition coefficient (Wildman–Crippen LogP) is 5.00. The minimum atomic E-state index is -0.00633. The Hall–Kier alpha value is -2.63. The van der Waals surface area contributed by atoms with Crippen LogP contribution in [-0.4, -0.2) is 29.0 Å². The number of benzene rings is 1. The van der Waals surface area contributed by atoms with Crippen LogP contribution in [0.5, 0.6) is 5.75 Å². The van der Waals surface area contributed by atoms with Crippen molar-refractivity contribution >= 4 is 11.7 Å². The molecular formula is C25H36N4O2. The first-order chi connectivity index (χ1) is 14.9. The molecule has 1 heterocycles. The van der Waals surface area contributed by atoms with Gasteiger partial charge in [-0.25, -0.2) is 9.97 Å². The van der Waals surface area contributed by atoms with E-state index in [4.69, 9.17) is 14.7 Å². The van der Waals surface area contributed by atoms with E-state index in [9.17, 15) is 4.79 Å². The maximum absolute atomic E-state index is 11.6. The van der Waals surface area contributed by atoms with Gasteiger partial charge in [0.15, 0.2) is 0 Å². The molecular weight excluding hydrogens is 388 g/mol. The number of nitrogens with zero attached hydrogens (tertiary/aromatic N) is 2. The Bertz CT molecular complexity index is 938. The molecule has 0 radical (unpaired) electrons. The molecule has 6 nitrogen and oxygen atoms in total. The van der Waals surface area contributed by atoms with Gasteiger partial charge in [-0.2, -0.15) is 0 Å². The number of methoxy groups -OCH3 is 1. The molecule has 3 rings (SSSR count). The van der Waals surface area contributed by atoms with Crippen molar-refractivity contribution in [3.05, 3.63) is 34.6 Å². The number of anilines is 1. The molecule has 0 saturated heterocycles. The summed E-state index contributed by atoms with van der Waals surface area (Å²) in [7, 11) is 1.69. The monoisotopic (exact) mass is 424 g/mol. The SMILES string of the molecule is CCc1nc(-c2cc3c(cc2OC)C(NC(C)=O)CC3)c(CC)nc1NC(CC)CC. The molecule has 31 heavy (non-hydrogen) atoms. The van der Waals surface area contributed by atoms with Crippen LogP contribution >= 0.6 is 0 Å². The highest BCUT2D eigenvalue weighted by Gasteiger charge is 2.27. The van der Waals surface area contributed by atoms with E-state index in [0.717, 1.165) is 78.3 Å². The lowest BCUT2D eigenvalue weighted by Crippen LogP contribution is -2.24. The summed E-state index contributed by atoms with van der Waals surface area (Å²) >= 11 is 0. The number of ether oxygens (including phenoxy) is 1. The second-order valence-electron chi connectivity index (χ2n) is 8.22. The van der Waals surface area contributed by atoms with Crippen LogP contribution in [0.3, 0.4) is 0 Å². The fourth-order valence-corrected chi connectivity index (χ4v) is 4.40. The van der Waals surface area contributed by atoms with E-state index >= 15 is 0 Å². The van der Waals surface area contributed by atoms with Crippen LogP contribution in [0.1, 0.15) is 82.4 Å². The lowest BCUT2D eigenvalue weighted by atomic mass is 9.99. The van der Waals surface area contributed by atoms with Crippen molar-refractivity contribution in [2.24, 2.45) is 0 Å². The zero-order valence-corrected chi connectivity index (χ0v) is 19.8. The normalized spacial score (nSPS) is 15.1. The summed E-state index contributed by atoms with van der Waals surface area (Å²) in [4.78, 5) is 21.7. The summed E-state index contributed by atoms with van der Waals surface area (Å²) in [5.41, 5.74) is 6.23. The predicted molar refractivity (Wildman–Crippen MR) is 126 cm³/mol. The van der Waals surface area contributed by atoms with E-state index in [1.807, 2.05) is 0 Å². The standard InChI is InChI=1S/C25H36N4O2/c1-7-17(8-2)27-25-21(10-4)28-24(20(9-3)29-25)19-13-16-11-12-22(26-15(5)30)18(16)14-23(19)31-6/h13-14,17,22H,7-12H2,1-6H3,(H,26,30)(H,27,29). The molecule has 1 aromatic carbocycles. The van der Waals surface area contributed by atoms with Gasteiger partial charge in [0.05, 0.1) is 30.2 Å². The maximum atomic E-state index is 11.6. The molecule has 1 atom stereocenters. The van der Waals surface area contributed by atoms with Crippen molar-refractivity contribution < 1.29 is 9.53 Å². The Kier molecular flexibility index (Phi) is 7.52. The minimum Gasteiger partial charge on any atom is -0.496 e. The second-order valence-corrected chi connectivity index (χ2v) is 8.22. The van der Waals surface area contributed by atoms with Gasteiger partial charge in [-0.15, -0.1) is 0 Å². The highest BCUT2D eigenvalue weighted by atomic mass is 16.5. The van der Waals surface area contributed by atoms with E-state index in [1.54, 1.807) is 14.0 Å². The van der Waals surface area contributed by atoms with Crippen LogP contribution in [0.2, 0.25) is 0 Å². The molecule has 0 aliphatic heterocycles. The Labute approximate surface area is 186 Å². The third kappa shape index (κ3) is 4.83. The summed E-state index contributed by atoms with van der Waals surface area (Å²) < 4.78 is 5.78. The quantitative estimate of drug-likeness (QED) is 0.592. The molecule has 1 unspecified atom stereocenters. The number of aromatic nitrogens is 2. The van der Waals surface area contributed by atoms with Gasteiger partial charge in [-0.1, -0.05) is 27.7 Å². The van der Waals surface area contributed by atoms with Crippen molar-refractivity contribution in [2.75, 3.05) is 12.4 Å². The van der Waals surface area contributed by atoms with Crippen molar-refractivity contribution in [1.82, 2.24) is 15.3 Å². The third-order valence-electron chi connectivity index (χ3n) is 6.21. The average Bonchev–Trinajstić information content (AvgIpc) is 3.16. The van der Waals surface area contributed by atoms with Gasteiger partial charge in [-0.05, 0) is 61.8 Å². The van der Waals surface area contributed by atoms with Crippen molar-refractivity contribution in [2.45, 2.75) is 85.2 Å². The zero-order valence-electron chi connectivity index (χ0n) is 19.8. The number of amides is 1. The summed E-state index contributed by atoms with van der Waals surface area (Å²) in [6.45, 7) is 10.2. The van der Waals surface area contributed by atoms with Gasteiger partial charge in [0.2, 0.25) is 5.91 Å². The number of nitrogens with one attached hydrogen (secondary N) is 2. The van der Waals surface area contributed by atoms with Crippen LogP contribution in [0, 0.1) is 0 Å². The molecule has 1 amide bonds. The molecule has 0 spiro atoms. The van der Waals surface area contributed by atoms with E-state index in [2.05, 4.69) is 50.5 Å². The molecule has 2 aromatic rings. The molecule has 1 aliphatic carbocycles.